The van der Waals surface area contributed by atoms with Crippen LogP contribution in [0.2, 0.25) is 0 Å². The standard InChI is InChI=1S/C16H20O2/c1-18-16-11-5-8-13(16)15(17)14(16)10-9-12-6-3-2-4-7-12/h2-4,6-7,13-14H,5,8-11H2,1H3/t13-,14-,16+/m0/s1. The number of fused-ring (bicyclic) bond motifs is 1. The van der Waals surface area contributed by atoms with Gasteiger partial charge in [0.05, 0.1) is 5.60 Å². The van der Waals surface area contributed by atoms with Gasteiger partial charge in [0.15, 0.2) is 0 Å². The van der Waals surface area contributed by atoms with Gasteiger partial charge in [-0.2, -0.15) is 0 Å². The molecule has 0 bridgehead atoms. The van der Waals surface area contributed by atoms with E-state index in [1.54, 1.807) is 7.11 Å². The molecule has 18 heavy (non-hydrogen) atoms. The minimum Gasteiger partial charge on any atom is -0.377 e. The quantitative estimate of drug-likeness (QED) is 0.814. The van der Waals surface area contributed by atoms with Crippen molar-refractivity contribution in [3.63, 3.8) is 0 Å². The summed E-state index contributed by atoms with van der Waals surface area (Å²) in [7, 11) is 1.78. The number of Topliss-reactive ketones (excluding diaryl/α,β-unsaturated/α-hetero) is 1. The highest BCUT2D eigenvalue weighted by Crippen LogP contribution is 2.55. The van der Waals surface area contributed by atoms with Gasteiger partial charge in [0.25, 0.3) is 0 Å². The number of ketones is 1. The predicted molar refractivity (Wildman–Crippen MR) is 70.3 cm³/mol. The van der Waals surface area contributed by atoms with Gasteiger partial charge in [0, 0.05) is 18.9 Å². The maximum absolute atomic E-state index is 12.1. The lowest BCUT2D eigenvalue weighted by Crippen LogP contribution is -2.61. The molecule has 0 saturated heterocycles. The molecule has 0 unspecified atom stereocenters. The van der Waals surface area contributed by atoms with Gasteiger partial charge >= 0.3 is 0 Å². The number of hydrogen-bond donors (Lipinski definition) is 0. The molecule has 2 heteroatoms. The molecule has 0 heterocycles. The van der Waals surface area contributed by atoms with Crippen LogP contribution in [0.5, 0.6) is 0 Å². The average Bonchev–Trinajstić information content (AvgIpc) is 2.80. The maximum atomic E-state index is 12.1. The predicted octanol–water partition coefficient (Wildman–Crippen LogP) is 3.00. The maximum Gasteiger partial charge on any atom is 0.144 e. The summed E-state index contributed by atoms with van der Waals surface area (Å²) in [5.74, 6) is 0.781. The number of carbonyl (C=O) groups is 1. The molecule has 0 N–H and O–H groups in total. The summed E-state index contributed by atoms with van der Waals surface area (Å²) in [6, 6.07) is 10.4. The number of rotatable bonds is 4. The summed E-state index contributed by atoms with van der Waals surface area (Å²) in [6.07, 6.45) is 5.17. The van der Waals surface area contributed by atoms with Crippen LogP contribution < -0.4 is 0 Å². The van der Waals surface area contributed by atoms with Crippen molar-refractivity contribution in [2.24, 2.45) is 11.8 Å². The molecule has 0 amide bonds. The number of hydrogen-bond acceptors (Lipinski definition) is 2. The van der Waals surface area contributed by atoms with E-state index in [0.717, 1.165) is 32.1 Å². The Hall–Kier alpha value is -1.15. The zero-order valence-corrected chi connectivity index (χ0v) is 10.9. The summed E-state index contributed by atoms with van der Waals surface area (Å²) in [6.45, 7) is 0. The van der Waals surface area contributed by atoms with Gasteiger partial charge in [-0.1, -0.05) is 30.3 Å². The van der Waals surface area contributed by atoms with Crippen molar-refractivity contribution in [1.82, 2.24) is 0 Å². The molecule has 2 aliphatic rings. The Kier molecular flexibility index (Phi) is 2.98. The third-order valence-corrected chi connectivity index (χ3v) is 4.87. The normalized spacial score (nSPS) is 34.2. The van der Waals surface area contributed by atoms with Crippen molar-refractivity contribution >= 4 is 5.78 Å². The molecule has 0 aliphatic heterocycles. The van der Waals surface area contributed by atoms with Crippen molar-refractivity contribution in [2.75, 3.05) is 7.11 Å². The number of aryl methyl sites for hydroxylation is 1. The van der Waals surface area contributed by atoms with Crippen LogP contribution in [0, 0.1) is 11.8 Å². The Morgan fingerprint density at radius 1 is 1.33 bits per heavy atom. The van der Waals surface area contributed by atoms with E-state index < -0.39 is 0 Å². The molecule has 1 aromatic carbocycles. The van der Waals surface area contributed by atoms with Crippen LogP contribution in [-0.4, -0.2) is 18.5 Å². The topological polar surface area (TPSA) is 26.3 Å². The monoisotopic (exact) mass is 244 g/mol. The van der Waals surface area contributed by atoms with E-state index in [2.05, 4.69) is 24.3 Å². The molecule has 0 aromatic heterocycles. The SMILES string of the molecule is CO[C@]12CCC[C@H]1C(=O)[C@@H]2CCc1ccccc1. The molecule has 2 saturated carbocycles. The van der Waals surface area contributed by atoms with Crippen LogP contribution in [0.15, 0.2) is 30.3 Å². The number of carbonyl (C=O) groups excluding carboxylic acids is 1. The van der Waals surface area contributed by atoms with Crippen molar-refractivity contribution < 1.29 is 9.53 Å². The van der Waals surface area contributed by atoms with Crippen molar-refractivity contribution in [3.05, 3.63) is 35.9 Å². The fraction of sp³-hybridized carbons (Fsp3) is 0.562. The summed E-state index contributed by atoms with van der Waals surface area (Å²) in [5, 5.41) is 0. The lowest BCUT2D eigenvalue weighted by Gasteiger charge is -2.50. The Labute approximate surface area is 108 Å². The highest BCUT2D eigenvalue weighted by Gasteiger charge is 2.63. The first-order valence-corrected chi connectivity index (χ1v) is 6.91. The Balaban J connectivity index is 1.68. The average molecular weight is 244 g/mol. The minimum atomic E-state index is -0.105. The summed E-state index contributed by atoms with van der Waals surface area (Å²) < 4.78 is 5.75. The van der Waals surface area contributed by atoms with Crippen LogP contribution >= 0.6 is 0 Å². The zero-order chi connectivity index (χ0) is 12.6. The van der Waals surface area contributed by atoms with Crippen molar-refractivity contribution in [2.45, 2.75) is 37.7 Å². The molecule has 3 atom stereocenters. The Morgan fingerprint density at radius 2 is 2.11 bits per heavy atom. The van der Waals surface area contributed by atoms with E-state index in [4.69, 9.17) is 4.74 Å². The molecule has 0 spiro atoms. The van der Waals surface area contributed by atoms with Crippen LogP contribution in [0.4, 0.5) is 0 Å². The van der Waals surface area contributed by atoms with Crippen LogP contribution in [-0.2, 0) is 16.0 Å². The summed E-state index contributed by atoms with van der Waals surface area (Å²) in [4.78, 5) is 12.1. The Bertz CT molecular complexity index is 440. The van der Waals surface area contributed by atoms with E-state index in [-0.39, 0.29) is 17.4 Å². The second-order valence-corrected chi connectivity index (χ2v) is 5.58. The molecule has 1 aromatic rings. The lowest BCUT2D eigenvalue weighted by atomic mass is 9.59. The molecule has 2 aliphatic carbocycles. The molecule has 2 fully saturated rings. The van der Waals surface area contributed by atoms with E-state index >= 15 is 0 Å². The first-order valence-electron chi connectivity index (χ1n) is 6.91. The van der Waals surface area contributed by atoms with E-state index in [0.29, 0.717) is 5.78 Å². The summed E-state index contributed by atoms with van der Waals surface area (Å²) in [5.41, 5.74) is 1.21. The molecule has 3 rings (SSSR count). The summed E-state index contributed by atoms with van der Waals surface area (Å²) >= 11 is 0. The Morgan fingerprint density at radius 3 is 2.83 bits per heavy atom. The zero-order valence-electron chi connectivity index (χ0n) is 10.9. The van der Waals surface area contributed by atoms with Gasteiger partial charge < -0.3 is 4.74 Å². The van der Waals surface area contributed by atoms with E-state index in [1.807, 2.05) is 6.07 Å². The van der Waals surface area contributed by atoms with Crippen LogP contribution in [0.3, 0.4) is 0 Å². The van der Waals surface area contributed by atoms with Gasteiger partial charge in [0.1, 0.15) is 5.78 Å². The van der Waals surface area contributed by atoms with Gasteiger partial charge in [-0.3, -0.25) is 4.79 Å². The van der Waals surface area contributed by atoms with Crippen LogP contribution in [0.25, 0.3) is 0 Å². The van der Waals surface area contributed by atoms with E-state index in [1.165, 1.54) is 5.56 Å². The van der Waals surface area contributed by atoms with Crippen molar-refractivity contribution in [3.8, 4) is 0 Å². The number of benzene rings is 1. The molecule has 2 nitrogen and oxygen atoms in total. The second-order valence-electron chi connectivity index (χ2n) is 5.58. The lowest BCUT2D eigenvalue weighted by molar-refractivity contribution is -0.179. The molecule has 96 valence electrons. The first kappa shape index (κ1) is 11.9. The van der Waals surface area contributed by atoms with Gasteiger partial charge in [0.2, 0.25) is 0 Å². The smallest absolute Gasteiger partial charge is 0.144 e. The van der Waals surface area contributed by atoms with E-state index in [9.17, 15) is 4.79 Å². The fourth-order valence-electron chi connectivity index (χ4n) is 3.92. The minimum absolute atomic E-state index is 0.105. The first-order chi connectivity index (χ1) is 8.78. The number of ether oxygens (including phenoxy) is 1. The second kappa shape index (κ2) is 4.51. The van der Waals surface area contributed by atoms with Gasteiger partial charge in [-0.15, -0.1) is 0 Å². The highest BCUT2D eigenvalue weighted by molar-refractivity contribution is 5.93. The van der Waals surface area contributed by atoms with Gasteiger partial charge in [-0.05, 0) is 37.7 Å². The highest BCUT2D eigenvalue weighted by atomic mass is 16.5. The third-order valence-electron chi connectivity index (χ3n) is 4.87. The van der Waals surface area contributed by atoms with Crippen LogP contribution in [0.1, 0.15) is 31.2 Å². The van der Waals surface area contributed by atoms with Gasteiger partial charge in [-0.25, -0.2) is 0 Å². The molecular formula is C16H20O2. The molecular weight excluding hydrogens is 224 g/mol. The fourth-order valence-corrected chi connectivity index (χ4v) is 3.92. The molecule has 0 radical (unpaired) electrons. The largest absolute Gasteiger partial charge is 0.377 e. The third kappa shape index (κ3) is 1.63. The number of methoxy groups -OCH3 is 1. The van der Waals surface area contributed by atoms with Crippen molar-refractivity contribution in [1.29, 1.82) is 0 Å².